The highest BCUT2D eigenvalue weighted by Crippen LogP contribution is 2.42. The van der Waals surface area contributed by atoms with Crippen LogP contribution in [0.15, 0.2) is 78.9 Å². The van der Waals surface area contributed by atoms with Crippen molar-refractivity contribution in [1.82, 2.24) is 14.9 Å². The third-order valence-electron chi connectivity index (χ3n) is 8.48. The summed E-state index contributed by atoms with van der Waals surface area (Å²) in [6.45, 7) is 7.31. The normalized spacial score (nSPS) is 11.0. The van der Waals surface area contributed by atoms with Gasteiger partial charge in [-0.3, -0.25) is 4.79 Å². The van der Waals surface area contributed by atoms with Crippen molar-refractivity contribution in [3.8, 4) is 56.9 Å². The molecule has 0 spiro atoms. The van der Waals surface area contributed by atoms with Gasteiger partial charge in [0, 0.05) is 41.9 Å². The Morgan fingerprint density at radius 2 is 1.25 bits per heavy atom. The van der Waals surface area contributed by atoms with Crippen LogP contribution in [0.2, 0.25) is 0 Å². The molecule has 1 aromatic heterocycles. The summed E-state index contributed by atoms with van der Waals surface area (Å²) in [7, 11) is 6.48. The first-order valence-electron chi connectivity index (χ1n) is 17.2. The highest BCUT2D eigenvalue weighted by molar-refractivity contribution is 5.94. The summed E-state index contributed by atoms with van der Waals surface area (Å²) in [4.78, 5) is 18.3. The highest BCUT2D eigenvalue weighted by Gasteiger charge is 2.24. The molecule has 5 aromatic rings. The Balaban J connectivity index is 1.55. The first-order valence-corrected chi connectivity index (χ1v) is 17.2. The molecule has 1 amide bonds. The van der Waals surface area contributed by atoms with Crippen LogP contribution in [0, 0.1) is 13.8 Å². The average Bonchev–Trinajstić information content (AvgIpc) is 3.53. The number of nitrogens with two attached hydrogens (primary N) is 1. The van der Waals surface area contributed by atoms with Crippen LogP contribution in [0.5, 0.6) is 23.0 Å². The molecule has 1 heterocycles. The number of hydrogen-bond acceptors (Lipinski definition) is 9. The number of nitrogens with one attached hydrogen (secondary N) is 1. The monoisotopic (exact) mass is 708 g/mol. The lowest BCUT2D eigenvalue weighted by Gasteiger charge is -2.16. The number of rotatable bonds is 18. The van der Waals surface area contributed by atoms with Crippen molar-refractivity contribution < 1.29 is 33.2 Å². The molecule has 0 bridgehead atoms. The molecule has 0 radical (unpaired) electrons. The van der Waals surface area contributed by atoms with Gasteiger partial charge in [0.1, 0.15) is 5.82 Å². The van der Waals surface area contributed by atoms with Gasteiger partial charge in [-0.05, 0) is 80.1 Å². The molecular weight excluding hydrogens is 660 g/mol. The number of methoxy groups -OCH3 is 4. The van der Waals surface area contributed by atoms with E-state index in [0.717, 1.165) is 50.6 Å². The fourth-order valence-electron chi connectivity index (χ4n) is 6.08. The van der Waals surface area contributed by atoms with Crippen molar-refractivity contribution in [3.63, 3.8) is 0 Å². The standard InChI is InChI=1S/C41H48N4O7/c1-27-21-28(2)23-33(22-27)40-44-38(31-11-13-34(47-3)36(24-31)49-5)39(32-12-14-35(48-4)37(25-32)50-6)45(40)26-29-7-9-30(10-8-29)41(46)43-16-18-52-20-19-51-17-15-42/h7-14,21-25H,15-20,26,42H2,1-6H3,(H,43,46). The van der Waals surface area contributed by atoms with E-state index in [2.05, 4.69) is 41.9 Å². The third-order valence-corrected chi connectivity index (χ3v) is 8.48. The summed E-state index contributed by atoms with van der Waals surface area (Å²) in [6.07, 6.45) is 0. The zero-order valence-corrected chi connectivity index (χ0v) is 30.8. The van der Waals surface area contributed by atoms with Crippen LogP contribution in [0.3, 0.4) is 0 Å². The van der Waals surface area contributed by atoms with Crippen LogP contribution in [0.4, 0.5) is 0 Å². The zero-order chi connectivity index (χ0) is 37.0. The maximum atomic E-state index is 12.9. The average molecular weight is 709 g/mol. The molecule has 0 aliphatic heterocycles. The number of carbonyl (C=O) groups is 1. The molecule has 0 saturated carbocycles. The lowest BCUT2D eigenvalue weighted by atomic mass is 10.0. The molecule has 0 aliphatic rings. The quantitative estimate of drug-likeness (QED) is 0.101. The van der Waals surface area contributed by atoms with E-state index in [9.17, 15) is 4.79 Å². The minimum absolute atomic E-state index is 0.171. The molecule has 0 unspecified atom stereocenters. The molecule has 0 atom stereocenters. The second-order valence-electron chi connectivity index (χ2n) is 12.2. The van der Waals surface area contributed by atoms with Crippen molar-refractivity contribution in [2.24, 2.45) is 5.73 Å². The number of benzene rings is 4. The van der Waals surface area contributed by atoms with Crippen molar-refractivity contribution in [2.45, 2.75) is 20.4 Å². The third kappa shape index (κ3) is 9.10. The number of hydrogen-bond donors (Lipinski definition) is 2. The topological polar surface area (TPSA) is 128 Å². The van der Waals surface area contributed by atoms with Crippen molar-refractivity contribution in [1.29, 1.82) is 0 Å². The predicted molar refractivity (Wildman–Crippen MR) is 203 cm³/mol. The lowest BCUT2D eigenvalue weighted by Crippen LogP contribution is -2.27. The van der Waals surface area contributed by atoms with Gasteiger partial charge in [-0.25, -0.2) is 4.98 Å². The number of ether oxygens (including phenoxy) is 6. The SMILES string of the molecule is COc1ccc(-c2nc(-c3cc(C)cc(C)c3)n(Cc3ccc(C(=O)NCCOCCOCCN)cc3)c2-c2ccc(OC)c(OC)c2)cc1OC. The van der Waals surface area contributed by atoms with E-state index in [1.54, 1.807) is 28.4 Å². The maximum Gasteiger partial charge on any atom is 0.251 e. The molecule has 274 valence electrons. The molecule has 11 heteroatoms. The van der Waals surface area contributed by atoms with Gasteiger partial charge in [-0.15, -0.1) is 0 Å². The Kier molecular flexibility index (Phi) is 13.3. The molecule has 52 heavy (non-hydrogen) atoms. The molecule has 4 aromatic carbocycles. The molecule has 0 aliphatic carbocycles. The van der Waals surface area contributed by atoms with Crippen LogP contribution in [-0.2, 0) is 16.0 Å². The number of imidazole rings is 1. The molecule has 0 fully saturated rings. The Labute approximate surface area is 305 Å². The Hall–Kier alpha value is -5.36. The van der Waals surface area contributed by atoms with Crippen LogP contribution in [0.1, 0.15) is 27.0 Å². The summed E-state index contributed by atoms with van der Waals surface area (Å²) in [5.74, 6) is 3.05. The lowest BCUT2D eigenvalue weighted by molar-refractivity contribution is 0.0511. The van der Waals surface area contributed by atoms with E-state index in [0.29, 0.717) is 74.6 Å². The summed E-state index contributed by atoms with van der Waals surface area (Å²) in [5, 5.41) is 2.92. The number of aryl methyl sites for hydroxylation is 2. The second-order valence-corrected chi connectivity index (χ2v) is 12.2. The van der Waals surface area contributed by atoms with Crippen LogP contribution < -0.4 is 30.0 Å². The van der Waals surface area contributed by atoms with Crippen LogP contribution in [0.25, 0.3) is 33.9 Å². The Morgan fingerprint density at radius 3 is 1.85 bits per heavy atom. The molecule has 5 rings (SSSR count). The number of carbonyl (C=O) groups excluding carboxylic acids is 1. The largest absolute Gasteiger partial charge is 0.493 e. The van der Waals surface area contributed by atoms with E-state index in [-0.39, 0.29) is 5.91 Å². The minimum Gasteiger partial charge on any atom is -0.493 e. The van der Waals surface area contributed by atoms with E-state index in [1.165, 1.54) is 0 Å². The summed E-state index contributed by atoms with van der Waals surface area (Å²) in [6, 6.07) is 25.7. The van der Waals surface area contributed by atoms with Crippen LogP contribution >= 0.6 is 0 Å². The second kappa shape index (κ2) is 18.2. The molecule has 3 N–H and O–H groups in total. The number of amides is 1. The van der Waals surface area contributed by atoms with Gasteiger partial charge in [-0.2, -0.15) is 0 Å². The van der Waals surface area contributed by atoms with Gasteiger partial charge in [0.15, 0.2) is 23.0 Å². The van der Waals surface area contributed by atoms with Gasteiger partial charge >= 0.3 is 0 Å². The summed E-state index contributed by atoms with van der Waals surface area (Å²) in [5.41, 5.74) is 13.6. The van der Waals surface area contributed by atoms with E-state index in [1.807, 2.05) is 60.7 Å². The highest BCUT2D eigenvalue weighted by atomic mass is 16.5. The summed E-state index contributed by atoms with van der Waals surface area (Å²) < 4.78 is 35.6. The number of aromatic nitrogens is 2. The fraction of sp³-hybridized carbons (Fsp3) is 0.317. The van der Waals surface area contributed by atoms with E-state index < -0.39 is 0 Å². The van der Waals surface area contributed by atoms with Gasteiger partial charge in [-0.1, -0.05) is 29.3 Å². The van der Waals surface area contributed by atoms with Crippen molar-refractivity contribution in [3.05, 3.63) is 101 Å². The smallest absolute Gasteiger partial charge is 0.251 e. The molecule has 11 nitrogen and oxygen atoms in total. The first kappa shape index (κ1) is 37.9. The van der Waals surface area contributed by atoms with E-state index >= 15 is 0 Å². The van der Waals surface area contributed by atoms with Crippen molar-refractivity contribution >= 4 is 5.91 Å². The summed E-state index contributed by atoms with van der Waals surface area (Å²) >= 11 is 0. The maximum absolute atomic E-state index is 12.9. The minimum atomic E-state index is -0.171. The van der Waals surface area contributed by atoms with Gasteiger partial charge in [0.2, 0.25) is 0 Å². The van der Waals surface area contributed by atoms with Gasteiger partial charge in [0.05, 0.1) is 66.3 Å². The number of nitrogens with zero attached hydrogens (tertiary/aromatic N) is 2. The first-order chi connectivity index (χ1) is 25.3. The van der Waals surface area contributed by atoms with Gasteiger partial charge in [0.25, 0.3) is 5.91 Å². The predicted octanol–water partition coefficient (Wildman–Crippen LogP) is 6.31. The zero-order valence-electron chi connectivity index (χ0n) is 30.8. The van der Waals surface area contributed by atoms with E-state index in [4.69, 9.17) is 39.1 Å². The Morgan fingerprint density at radius 1 is 0.673 bits per heavy atom. The van der Waals surface area contributed by atoms with Crippen molar-refractivity contribution in [2.75, 3.05) is 68.0 Å². The molecular formula is C41H48N4O7. The Bertz CT molecular complexity index is 1940. The molecule has 0 saturated heterocycles. The fourth-order valence-corrected chi connectivity index (χ4v) is 6.08. The van der Waals surface area contributed by atoms with Crippen LogP contribution in [-0.4, -0.2) is 83.4 Å². The van der Waals surface area contributed by atoms with Gasteiger partial charge < -0.3 is 44.0 Å².